The highest BCUT2D eigenvalue weighted by Gasteiger charge is 2.22. The number of carbonyl (C=O) groups excluding carboxylic acids is 1. The third-order valence-electron chi connectivity index (χ3n) is 3.58. The molecule has 0 unspecified atom stereocenters. The minimum absolute atomic E-state index is 0.0385. The number of aromatic nitrogens is 3. The van der Waals surface area contributed by atoms with E-state index in [1.165, 1.54) is 11.0 Å². The first kappa shape index (κ1) is 18.5. The molecule has 0 atom stereocenters. The molecule has 0 bridgehead atoms. The number of rotatable bonds is 5. The average molecular weight is 435 g/mol. The monoisotopic (exact) mass is 434 g/mol. The molecule has 0 aliphatic rings. The molecule has 138 valence electrons. The lowest BCUT2D eigenvalue weighted by molar-refractivity contribution is -0.384. The lowest BCUT2D eigenvalue weighted by Gasteiger charge is -2.06. The highest BCUT2D eigenvalue weighted by molar-refractivity contribution is 9.10. The van der Waals surface area contributed by atoms with Crippen LogP contribution in [0.5, 0.6) is 0 Å². The van der Waals surface area contributed by atoms with Crippen molar-refractivity contribution >= 4 is 39.2 Å². The number of anilines is 2. The molecule has 1 amide bonds. The number of hydrogen-bond donors (Lipinski definition) is 2. The van der Waals surface area contributed by atoms with Crippen molar-refractivity contribution in [2.75, 3.05) is 11.1 Å². The van der Waals surface area contributed by atoms with E-state index in [-0.39, 0.29) is 11.5 Å². The smallest absolute Gasteiger partial charge is 0.295 e. The quantitative estimate of drug-likeness (QED) is 0.360. The summed E-state index contributed by atoms with van der Waals surface area (Å²) in [5, 5.41) is 17.3. The van der Waals surface area contributed by atoms with E-state index in [4.69, 9.17) is 5.73 Å². The number of nitrogens with zero attached hydrogens (tertiary/aromatic N) is 4. The van der Waals surface area contributed by atoms with Gasteiger partial charge in [0.2, 0.25) is 5.95 Å². The number of nitrogens with two attached hydrogens (primary N) is 1. The van der Waals surface area contributed by atoms with E-state index in [0.29, 0.717) is 12.6 Å². The van der Waals surface area contributed by atoms with Crippen LogP contribution in [0.15, 0.2) is 47.2 Å². The summed E-state index contributed by atoms with van der Waals surface area (Å²) in [5.41, 5.74) is 5.08. The highest BCUT2D eigenvalue weighted by Crippen LogP contribution is 2.27. The van der Waals surface area contributed by atoms with Crippen molar-refractivity contribution in [2.24, 2.45) is 0 Å². The van der Waals surface area contributed by atoms with Gasteiger partial charge in [0, 0.05) is 4.47 Å². The Morgan fingerprint density at radius 3 is 2.70 bits per heavy atom. The standard InChI is InChI=1S/C16H12BrFN6O3/c17-10-3-1-9(2-4-10)7-23-8-20-16(22-23)21-15(25)12-5-11(18)6-13(14(12)19)24(26)27/h1-6,8H,7,19H2,(H,21,22,25). The van der Waals surface area contributed by atoms with Gasteiger partial charge in [-0.2, -0.15) is 0 Å². The molecule has 9 nitrogen and oxygen atoms in total. The molecule has 11 heteroatoms. The van der Waals surface area contributed by atoms with Crippen LogP contribution in [0.2, 0.25) is 0 Å². The van der Waals surface area contributed by atoms with Crippen LogP contribution in [0, 0.1) is 15.9 Å². The Labute approximate surface area is 160 Å². The first-order valence-corrected chi connectivity index (χ1v) is 8.31. The van der Waals surface area contributed by atoms with Crippen LogP contribution in [-0.4, -0.2) is 25.6 Å². The zero-order valence-electron chi connectivity index (χ0n) is 13.6. The van der Waals surface area contributed by atoms with E-state index >= 15 is 0 Å². The van der Waals surface area contributed by atoms with Crippen molar-refractivity contribution in [1.82, 2.24) is 14.8 Å². The van der Waals surface area contributed by atoms with Gasteiger partial charge in [-0.05, 0) is 23.8 Å². The summed E-state index contributed by atoms with van der Waals surface area (Å²) in [6.07, 6.45) is 1.41. The number of amides is 1. The number of nitrogens with one attached hydrogen (secondary N) is 1. The second kappa shape index (κ2) is 7.50. The number of benzene rings is 2. The summed E-state index contributed by atoms with van der Waals surface area (Å²) >= 11 is 3.35. The topological polar surface area (TPSA) is 129 Å². The average Bonchev–Trinajstić information content (AvgIpc) is 3.05. The molecule has 0 spiro atoms. The lowest BCUT2D eigenvalue weighted by atomic mass is 10.1. The number of nitro groups is 1. The Morgan fingerprint density at radius 2 is 2.04 bits per heavy atom. The summed E-state index contributed by atoms with van der Waals surface area (Å²) in [4.78, 5) is 26.3. The van der Waals surface area contributed by atoms with Gasteiger partial charge in [0.25, 0.3) is 11.6 Å². The van der Waals surface area contributed by atoms with E-state index in [1.807, 2.05) is 24.3 Å². The van der Waals surface area contributed by atoms with Gasteiger partial charge in [-0.3, -0.25) is 20.2 Å². The summed E-state index contributed by atoms with van der Waals surface area (Å²) in [7, 11) is 0. The second-order valence-electron chi connectivity index (χ2n) is 5.49. The van der Waals surface area contributed by atoms with Crippen LogP contribution in [0.3, 0.4) is 0 Å². The summed E-state index contributed by atoms with van der Waals surface area (Å²) in [6, 6.07) is 9.03. The van der Waals surface area contributed by atoms with Crippen molar-refractivity contribution in [3.63, 3.8) is 0 Å². The Balaban J connectivity index is 1.76. The molecule has 3 N–H and O–H groups in total. The zero-order valence-corrected chi connectivity index (χ0v) is 15.2. The Kier molecular flexibility index (Phi) is 5.12. The van der Waals surface area contributed by atoms with Crippen molar-refractivity contribution in [1.29, 1.82) is 0 Å². The molecule has 1 heterocycles. The molecule has 2 aromatic carbocycles. The van der Waals surface area contributed by atoms with Crippen molar-refractivity contribution in [2.45, 2.75) is 6.54 Å². The van der Waals surface area contributed by atoms with Gasteiger partial charge in [-0.15, -0.1) is 5.10 Å². The molecule has 3 aromatic rings. The third kappa shape index (κ3) is 4.26. The van der Waals surface area contributed by atoms with Gasteiger partial charge in [-0.25, -0.2) is 14.1 Å². The van der Waals surface area contributed by atoms with Gasteiger partial charge in [0.15, 0.2) is 0 Å². The maximum Gasteiger partial charge on any atom is 0.295 e. The van der Waals surface area contributed by atoms with E-state index in [1.54, 1.807) is 0 Å². The SMILES string of the molecule is Nc1c(C(=O)Nc2ncn(Cc3ccc(Br)cc3)n2)cc(F)cc1[N+](=O)[O-]. The second-order valence-corrected chi connectivity index (χ2v) is 6.41. The van der Waals surface area contributed by atoms with Crippen LogP contribution in [-0.2, 0) is 6.54 Å². The Bertz CT molecular complexity index is 1020. The maximum absolute atomic E-state index is 13.6. The molecule has 0 radical (unpaired) electrons. The maximum atomic E-state index is 13.6. The number of hydrogen-bond acceptors (Lipinski definition) is 6. The van der Waals surface area contributed by atoms with Crippen LogP contribution in [0.1, 0.15) is 15.9 Å². The molecule has 27 heavy (non-hydrogen) atoms. The fourth-order valence-electron chi connectivity index (χ4n) is 2.32. The zero-order chi connectivity index (χ0) is 19.6. The molecule has 0 aliphatic carbocycles. The third-order valence-corrected chi connectivity index (χ3v) is 4.11. The molecular formula is C16H12BrFN6O3. The molecule has 0 fully saturated rings. The molecule has 0 saturated heterocycles. The Hall–Kier alpha value is -3.34. The lowest BCUT2D eigenvalue weighted by Crippen LogP contribution is -2.16. The first-order chi connectivity index (χ1) is 12.8. The fourth-order valence-corrected chi connectivity index (χ4v) is 2.58. The molecule has 1 aromatic heterocycles. The molecular weight excluding hydrogens is 423 g/mol. The first-order valence-electron chi connectivity index (χ1n) is 7.52. The van der Waals surface area contributed by atoms with E-state index < -0.39 is 28.0 Å². The van der Waals surface area contributed by atoms with Gasteiger partial charge < -0.3 is 5.73 Å². The van der Waals surface area contributed by atoms with Crippen LogP contribution >= 0.6 is 15.9 Å². The van der Waals surface area contributed by atoms with Crippen molar-refractivity contribution in [3.8, 4) is 0 Å². The number of halogens is 2. The van der Waals surface area contributed by atoms with Gasteiger partial charge in [0.1, 0.15) is 17.8 Å². The Morgan fingerprint density at radius 1 is 1.33 bits per heavy atom. The van der Waals surface area contributed by atoms with Gasteiger partial charge >= 0.3 is 0 Å². The molecule has 0 saturated carbocycles. The van der Waals surface area contributed by atoms with Gasteiger partial charge in [0.05, 0.1) is 23.1 Å². The minimum Gasteiger partial charge on any atom is -0.393 e. The van der Waals surface area contributed by atoms with Crippen LogP contribution in [0.4, 0.5) is 21.7 Å². The normalized spacial score (nSPS) is 10.6. The number of carbonyl (C=O) groups is 1. The summed E-state index contributed by atoms with van der Waals surface area (Å²) < 4.78 is 16.0. The van der Waals surface area contributed by atoms with Crippen molar-refractivity contribution in [3.05, 3.63) is 74.3 Å². The van der Waals surface area contributed by atoms with E-state index in [2.05, 4.69) is 31.3 Å². The largest absolute Gasteiger partial charge is 0.393 e. The predicted octanol–water partition coefficient (Wildman–Crippen LogP) is 2.97. The summed E-state index contributed by atoms with van der Waals surface area (Å²) in [6.45, 7) is 0.420. The minimum atomic E-state index is -0.949. The molecule has 3 rings (SSSR count). The molecule has 0 aliphatic heterocycles. The van der Waals surface area contributed by atoms with Crippen LogP contribution < -0.4 is 11.1 Å². The van der Waals surface area contributed by atoms with Crippen molar-refractivity contribution < 1.29 is 14.1 Å². The highest BCUT2D eigenvalue weighted by atomic mass is 79.9. The summed E-state index contributed by atoms with van der Waals surface area (Å²) in [5.74, 6) is -1.84. The van der Waals surface area contributed by atoms with E-state index in [9.17, 15) is 19.3 Å². The van der Waals surface area contributed by atoms with Crippen LogP contribution in [0.25, 0.3) is 0 Å². The predicted molar refractivity (Wildman–Crippen MR) is 98.7 cm³/mol. The number of nitro benzene ring substituents is 1. The number of nitrogen functional groups attached to an aromatic ring is 1. The van der Waals surface area contributed by atoms with Gasteiger partial charge in [-0.1, -0.05) is 28.1 Å². The fraction of sp³-hybridized carbons (Fsp3) is 0.0625. The van der Waals surface area contributed by atoms with E-state index in [0.717, 1.165) is 16.1 Å².